The SMILES string of the molecule is CC(C)N(Cc1cnn(C)c1)C(=O)C=Cc1ccc(OC(F)F)cc1OC(F)F. The number of halogens is 4. The molecule has 0 aliphatic carbocycles. The zero-order valence-electron chi connectivity index (χ0n) is 16.1. The van der Waals surface area contributed by atoms with Crippen molar-refractivity contribution in [3.05, 3.63) is 47.8 Å². The molecule has 6 nitrogen and oxygen atoms in total. The highest BCUT2D eigenvalue weighted by Crippen LogP contribution is 2.28. The molecule has 0 saturated carbocycles. The third kappa shape index (κ3) is 6.81. The van der Waals surface area contributed by atoms with E-state index >= 15 is 0 Å². The molecule has 158 valence electrons. The van der Waals surface area contributed by atoms with E-state index in [9.17, 15) is 22.4 Å². The lowest BCUT2D eigenvalue weighted by atomic mass is 10.1. The van der Waals surface area contributed by atoms with E-state index in [2.05, 4.69) is 14.6 Å². The van der Waals surface area contributed by atoms with Crippen molar-refractivity contribution < 1.29 is 31.8 Å². The Bertz CT molecular complexity index is 853. The molecule has 0 unspecified atom stereocenters. The van der Waals surface area contributed by atoms with Crippen molar-refractivity contribution in [3.8, 4) is 11.5 Å². The Morgan fingerprint density at radius 1 is 1.21 bits per heavy atom. The lowest BCUT2D eigenvalue weighted by Gasteiger charge is -2.25. The summed E-state index contributed by atoms with van der Waals surface area (Å²) < 4.78 is 60.1. The fraction of sp³-hybridized carbons (Fsp3) is 0.368. The fourth-order valence-corrected chi connectivity index (χ4v) is 2.55. The predicted octanol–water partition coefficient (Wildman–Crippen LogP) is 4.07. The molecule has 29 heavy (non-hydrogen) atoms. The monoisotopic (exact) mass is 415 g/mol. The summed E-state index contributed by atoms with van der Waals surface area (Å²) >= 11 is 0. The van der Waals surface area contributed by atoms with Gasteiger partial charge in [-0.1, -0.05) is 0 Å². The second kappa shape index (κ2) is 9.94. The molecule has 1 amide bonds. The van der Waals surface area contributed by atoms with Crippen LogP contribution in [0.15, 0.2) is 36.7 Å². The van der Waals surface area contributed by atoms with Gasteiger partial charge in [0.2, 0.25) is 5.91 Å². The highest BCUT2D eigenvalue weighted by molar-refractivity contribution is 5.92. The van der Waals surface area contributed by atoms with Crippen LogP contribution in [-0.2, 0) is 18.4 Å². The third-order valence-electron chi connectivity index (χ3n) is 3.85. The molecule has 0 atom stereocenters. The van der Waals surface area contributed by atoms with Crippen LogP contribution in [0.4, 0.5) is 17.6 Å². The van der Waals surface area contributed by atoms with Crippen LogP contribution in [0, 0.1) is 0 Å². The van der Waals surface area contributed by atoms with Gasteiger partial charge in [0, 0.05) is 49.1 Å². The maximum Gasteiger partial charge on any atom is 0.387 e. The number of alkyl halides is 4. The first kappa shape index (κ1) is 22.3. The number of nitrogens with zero attached hydrogens (tertiary/aromatic N) is 3. The highest BCUT2D eigenvalue weighted by Gasteiger charge is 2.17. The van der Waals surface area contributed by atoms with E-state index in [1.54, 1.807) is 29.0 Å². The Labute approximate surface area is 165 Å². The standard InChI is InChI=1S/C19H21F4N3O3/c1-12(2)26(11-13-9-24-25(3)10-13)17(27)7-5-14-4-6-15(28-18(20)21)8-16(14)29-19(22)23/h4-10,12,18-19H,11H2,1-3H3. The van der Waals surface area contributed by atoms with Crippen molar-refractivity contribution in [2.75, 3.05) is 0 Å². The first-order valence-electron chi connectivity index (χ1n) is 8.65. The molecule has 0 aliphatic rings. The van der Waals surface area contributed by atoms with Crippen LogP contribution < -0.4 is 9.47 Å². The zero-order valence-corrected chi connectivity index (χ0v) is 16.1. The van der Waals surface area contributed by atoms with Crippen molar-refractivity contribution in [1.29, 1.82) is 0 Å². The number of carbonyl (C=O) groups is 1. The van der Waals surface area contributed by atoms with Gasteiger partial charge in [-0.25, -0.2) is 0 Å². The Balaban J connectivity index is 2.21. The summed E-state index contributed by atoms with van der Waals surface area (Å²) in [4.78, 5) is 14.2. The van der Waals surface area contributed by atoms with Crippen LogP contribution in [0.5, 0.6) is 11.5 Å². The first-order valence-corrected chi connectivity index (χ1v) is 8.65. The van der Waals surface area contributed by atoms with E-state index in [1.165, 1.54) is 24.3 Å². The van der Waals surface area contributed by atoms with E-state index in [0.717, 1.165) is 11.6 Å². The maximum absolute atomic E-state index is 12.7. The Morgan fingerprint density at radius 3 is 2.45 bits per heavy atom. The molecule has 0 fully saturated rings. The van der Waals surface area contributed by atoms with E-state index in [0.29, 0.717) is 6.54 Å². The number of ether oxygens (including phenoxy) is 2. The maximum atomic E-state index is 12.7. The van der Waals surface area contributed by atoms with E-state index in [-0.39, 0.29) is 29.0 Å². The van der Waals surface area contributed by atoms with Gasteiger partial charge in [0.15, 0.2) is 0 Å². The Morgan fingerprint density at radius 2 is 1.90 bits per heavy atom. The van der Waals surface area contributed by atoms with Gasteiger partial charge in [0.25, 0.3) is 0 Å². The van der Waals surface area contributed by atoms with Crippen LogP contribution in [-0.4, -0.2) is 39.9 Å². The van der Waals surface area contributed by atoms with Gasteiger partial charge < -0.3 is 14.4 Å². The lowest BCUT2D eigenvalue weighted by molar-refractivity contribution is -0.128. The molecule has 0 bridgehead atoms. The topological polar surface area (TPSA) is 56.6 Å². The molecule has 1 aromatic heterocycles. The fourth-order valence-electron chi connectivity index (χ4n) is 2.55. The highest BCUT2D eigenvalue weighted by atomic mass is 19.3. The van der Waals surface area contributed by atoms with Crippen molar-refractivity contribution in [2.45, 2.75) is 39.7 Å². The van der Waals surface area contributed by atoms with Gasteiger partial charge in [0.1, 0.15) is 11.5 Å². The normalized spacial score (nSPS) is 11.7. The van der Waals surface area contributed by atoms with Gasteiger partial charge in [-0.05, 0) is 32.1 Å². The molecule has 0 N–H and O–H groups in total. The van der Waals surface area contributed by atoms with Crippen LogP contribution >= 0.6 is 0 Å². The number of aromatic nitrogens is 2. The molecule has 2 rings (SSSR count). The largest absolute Gasteiger partial charge is 0.435 e. The minimum Gasteiger partial charge on any atom is -0.435 e. The molecule has 10 heteroatoms. The summed E-state index contributed by atoms with van der Waals surface area (Å²) in [5.41, 5.74) is 0.948. The lowest BCUT2D eigenvalue weighted by Crippen LogP contribution is -2.35. The number of amides is 1. The number of hydrogen-bond acceptors (Lipinski definition) is 4. The molecular weight excluding hydrogens is 394 g/mol. The average Bonchev–Trinajstić information content (AvgIpc) is 3.02. The summed E-state index contributed by atoms with van der Waals surface area (Å²) in [6.45, 7) is -2.29. The smallest absolute Gasteiger partial charge is 0.387 e. The van der Waals surface area contributed by atoms with Gasteiger partial charge in [-0.2, -0.15) is 22.7 Å². The van der Waals surface area contributed by atoms with Crippen LogP contribution in [0.25, 0.3) is 6.08 Å². The molecule has 0 spiro atoms. The summed E-state index contributed by atoms with van der Waals surface area (Å²) in [5, 5.41) is 4.06. The summed E-state index contributed by atoms with van der Waals surface area (Å²) in [7, 11) is 1.76. The molecule has 0 radical (unpaired) electrons. The quantitative estimate of drug-likeness (QED) is 0.458. The van der Waals surface area contributed by atoms with E-state index in [1.807, 2.05) is 13.8 Å². The molecule has 1 heterocycles. The molecule has 0 aliphatic heterocycles. The van der Waals surface area contributed by atoms with Crippen molar-refractivity contribution in [3.63, 3.8) is 0 Å². The number of hydrogen-bond donors (Lipinski definition) is 0. The van der Waals surface area contributed by atoms with Gasteiger partial charge in [0.05, 0.1) is 6.20 Å². The molecule has 0 saturated heterocycles. The van der Waals surface area contributed by atoms with Crippen LogP contribution in [0.1, 0.15) is 25.0 Å². The van der Waals surface area contributed by atoms with Gasteiger partial charge >= 0.3 is 13.2 Å². The second-order valence-corrected chi connectivity index (χ2v) is 6.37. The minimum atomic E-state index is -3.17. The Kier molecular flexibility index (Phi) is 7.63. The van der Waals surface area contributed by atoms with Crippen molar-refractivity contribution >= 4 is 12.0 Å². The molecule has 2 aromatic rings. The van der Waals surface area contributed by atoms with Gasteiger partial charge in [-0.15, -0.1) is 0 Å². The van der Waals surface area contributed by atoms with E-state index in [4.69, 9.17) is 0 Å². The van der Waals surface area contributed by atoms with Crippen molar-refractivity contribution in [2.24, 2.45) is 7.05 Å². The number of aryl methyl sites for hydroxylation is 1. The summed E-state index contributed by atoms with van der Waals surface area (Å²) in [6, 6.07) is 3.20. The van der Waals surface area contributed by atoms with Crippen LogP contribution in [0.2, 0.25) is 0 Å². The van der Waals surface area contributed by atoms with E-state index < -0.39 is 13.2 Å². The first-order chi connectivity index (χ1) is 13.7. The molecule has 1 aromatic carbocycles. The average molecular weight is 415 g/mol. The Hall–Kier alpha value is -3.04. The number of benzene rings is 1. The predicted molar refractivity (Wildman–Crippen MR) is 97.6 cm³/mol. The summed E-state index contributed by atoms with van der Waals surface area (Å²) in [5.74, 6) is -1.08. The minimum absolute atomic E-state index is 0.116. The molecular formula is C19H21F4N3O3. The number of carbonyl (C=O) groups excluding carboxylic acids is 1. The second-order valence-electron chi connectivity index (χ2n) is 6.37. The van der Waals surface area contributed by atoms with Crippen molar-refractivity contribution in [1.82, 2.24) is 14.7 Å². The zero-order chi connectivity index (χ0) is 21.6. The van der Waals surface area contributed by atoms with Gasteiger partial charge in [-0.3, -0.25) is 9.48 Å². The van der Waals surface area contributed by atoms with Crippen LogP contribution in [0.3, 0.4) is 0 Å². The third-order valence-corrected chi connectivity index (χ3v) is 3.85. The summed E-state index contributed by atoms with van der Waals surface area (Å²) in [6.07, 6.45) is 5.91. The number of rotatable bonds is 9.